The topological polar surface area (TPSA) is 61.0 Å². The summed E-state index contributed by atoms with van der Waals surface area (Å²) < 4.78 is 6.14. The minimum Gasteiger partial charge on any atom is -0.439 e. The van der Waals surface area contributed by atoms with E-state index in [0.29, 0.717) is 11.8 Å². The van der Waals surface area contributed by atoms with Crippen LogP contribution >= 0.6 is 0 Å². The summed E-state index contributed by atoms with van der Waals surface area (Å²) in [4.78, 5) is 8.82. The maximum absolute atomic E-state index is 6.14. The van der Waals surface area contributed by atoms with Crippen LogP contribution in [-0.2, 0) is 11.8 Å². The molecule has 3 rings (SSSR count). The van der Waals surface area contributed by atoms with Crippen molar-refractivity contribution in [2.24, 2.45) is 0 Å². The smallest absolute Gasteiger partial charge is 0.228 e. The normalized spacial score (nSPS) is 20.3. The molecule has 0 aliphatic heterocycles. The fourth-order valence-electron chi connectivity index (χ4n) is 3.26. The standard InChI is InChI=1S/C17H23N3O/c1-11-7-4-5-9-13(11)21-15-14-12(19-16(18)20-15)8-6-10-17(14,2)3/h7,9H,4-6,8,10H2,1-3H3,(H2,18,19,20). The van der Waals surface area contributed by atoms with Crippen LogP contribution in [-0.4, -0.2) is 9.97 Å². The molecule has 0 atom stereocenters. The van der Waals surface area contributed by atoms with Gasteiger partial charge in [-0.15, -0.1) is 0 Å². The maximum atomic E-state index is 6.14. The summed E-state index contributed by atoms with van der Waals surface area (Å²) in [7, 11) is 0. The quantitative estimate of drug-likeness (QED) is 0.900. The van der Waals surface area contributed by atoms with E-state index in [2.05, 4.69) is 42.9 Å². The minimum absolute atomic E-state index is 0.0312. The second kappa shape index (κ2) is 5.17. The Balaban J connectivity index is 2.04. The van der Waals surface area contributed by atoms with E-state index in [4.69, 9.17) is 10.5 Å². The number of anilines is 1. The SMILES string of the molecule is CC1=CCCC=C1Oc1nc(N)nc2c1C(C)(C)CCC2. The van der Waals surface area contributed by atoms with Gasteiger partial charge in [0.1, 0.15) is 5.76 Å². The molecule has 21 heavy (non-hydrogen) atoms. The summed E-state index contributed by atoms with van der Waals surface area (Å²) in [5, 5.41) is 0. The van der Waals surface area contributed by atoms with Gasteiger partial charge in [-0.25, -0.2) is 4.98 Å². The van der Waals surface area contributed by atoms with E-state index in [0.717, 1.165) is 49.1 Å². The molecule has 2 aliphatic rings. The van der Waals surface area contributed by atoms with Gasteiger partial charge < -0.3 is 10.5 Å². The predicted octanol–water partition coefficient (Wildman–Crippen LogP) is 3.68. The van der Waals surface area contributed by atoms with Gasteiger partial charge in [0, 0.05) is 5.56 Å². The average molecular weight is 285 g/mol. The molecule has 0 saturated heterocycles. The van der Waals surface area contributed by atoms with Gasteiger partial charge >= 0.3 is 0 Å². The lowest BCUT2D eigenvalue weighted by Crippen LogP contribution is -2.27. The van der Waals surface area contributed by atoms with Crippen LogP contribution in [0.4, 0.5) is 5.95 Å². The minimum atomic E-state index is 0.0312. The third kappa shape index (κ3) is 2.67. The second-order valence-electron chi connectivity index (χ2n) is 6.58. The van der Waals surface area contributed by atoms with Crippen molar-refractivity contribution < 1.29 is 4.74 Å². The molecule has 1 heterocycles. The molecule has 2 aliphatic carbocycles. The highest BCUT2D eigenvalue weighted by atomic mass is 16.5. The lowest BCUT2D eigenvalue weighted by atomic mass is 9.75. The number of aromatic nitrogens is 2. The molecule has 0 unspecified atom stereocenters. The van der Waals surface area contributed by atoms with Crippen LogP contribution in [0.3, 0.4) is 0 Å². The molecular weight excluding hydrogens is 262 g/mol. The Morgan fingerprint density at radius 2 is 1.95 bits per heavy atom. The van der Waals surface area contributed by atoms with Crippen molar-refractivity contribution in [3.8, 4) is 5.88 Å². The highest BCUT2D eigenvalue weighted by molar-refractivity contribution is 5.44. The van der Waals surface area contributed by atoms with E-state index >= 15 is 0 Å². The molecule has 0 spiro atoms. The van der Waals surface area contributed by atoms with Gasteiger partial charge in [0.25, 0.3) is 0 Å². The summed E-state index contributed by atoms with van der Waals surface area (Å²) >= 11 is 0. The number of fused-ring (bicyclic) bond motifs is 1. The van der Waals surface area contributed by atoms with E-state index in [9.17, 15) is 0 Å². The van der Waals surface area contributed by atoms with Crippen LogP contribution in [0.1, 0.15) is 57.7 Å². The summed E-state index contributed by atoms with van der Waals surface area (Å²) in [5.74, 6) is 1.85. The molecule has 1 aromatic rings. The zero-order valence-corrected chi connectivity index (χ0v) is 13.1. The van der Waals surface area contributed by atoms with E-state index in [1.807, 2.05) is 0 Å². The molecule has 2 N–H and O–H groups in total. The van der Waals surface area contributed by atoms with Gasteiger partial charge in [-0.1, -0.05) is 19.9 Å². The van der Waals surface area contributed by atoms with Crippen LogP contribution in [0.5, 0.6) is 5.88 Å². The number of nitrogens with zero attached hydrogens (tertiary/aromatic N) is 2. The molecule has 0 bridgehead atoms. The average Bonchev–Trinajstić information content (AvgIpc) is 2.40. The summed E-state index contributed by atoms with van der Waals surface area (Å²) in [6.07, 6.45) is 9.64. The van der Waals surface area contributed by atoms with Gasteiger partial charge in [0.15, 0.2) is 0 Å². The molecule has 0 aromatic carbocycles. The molecule has 0 saturated carbocycles. The number of hydrogen-bond acceptors (Lipinski definition) is 4. The van der Waals surface area contributed by atoms with Crippen LogP contribution in [0.2, 0.25) is 0 Å². The fraction of sp³-hybridized carbons (Fsp3) is 0.529. The number of hydrogen-bond donors (Lipinski definition) is 1. The molecule has 4 heteroatoms. The first-order valence-electron chi connectivity index (χ1n) is 7.69. The summed E-state index contributed by atoms with van der Waals surface area (Å²) in [5.41, 5.74) is 9.25. The van der Waals surface area contributed by atoms with E-state index in [1.54, 1.807) is 0 Å². The zero-order valence-electron chi connectivity index (χ0n) is 13.1. The van der Waals surface area contributed by atoms with Gasteiger partial charge in [-0.05, 0) is 56.1 Å². The van der Waals surface area contributed by atoms with Crippen molar-refractivity contribution in [3.05, 3.63) is 34.7 Å². The van der Waals surface area contributed by atoms with Crippen molar-refractivity contribution in [2.45, 2.75) is 58.3 Å². The lowest BCUT2D eigenvalue weighted by Gasteiger charge is -2.33. The van der Waals surface area contributed by atoms with Gasteiger partial charge in [-0.3, -0.25) is 0 Å². The monoisotopic (exact) mass is 285 g/mol. The first kappa shape index (κ1) is 14.1. The van der Waals surface area contributed by atoms with Gasteiger partial charge in [0.05, 0.1) is 5.69 Å². The highest BCUT2D eigenvalue weighted by Crippen LogP contribution is 2.41. The van der Waals surface area contributed by atoms with Crippen LogP contribution < -0.4 is 10.5 Å². The molecule has 1 aromatic heterocycles. The molecule has 112 valence electrons. The van der Waals surface area contributed by atoms with Crippen molar-refractivity contribution in [3.63, 3.8) is 0 Å². The fourth-order valence-corrected chi connectivity index (χ4v) is 3.26. The van der Waals surface area contributed by atoms with Crippen molar-refractivity contribution in [2.75, 3.05) is 5.73 Å². The maximum Gasteiger partial charge on any atom is 0.228 e. The Bertz CT molecular complexity index is 629. The number of aryl methyl sites for hydroxylation is 1. The second-order valence-corrected chi connectivity index (χ2v) is 6.58. The third-order valence-electron chi connectivity index (χ3n) is 4.40. The number of nitrogen functional groups attached to an aromatic ring is 1. The van der Waals surface area contributed by atoms with Crippen molar-refractivity contribution in [1.82, 2.24) is 9.97 Å². The van der Waals surface area contributed by atoms with Crippen LogP contribution in [0.25, 0.3) is 0 Å². The molecule has 0 amide bonds. The Kier molecular flexibility index (Phi) is 3.47. The number of nitrogens with two attached hydrogens (primary N) is 1. The van der Waals surface area contributed by atoms with Crippen LogP contribution in [0.15, 0.2) is 23.5 Å². The molecular formula is C17H23N3O. The van der Waals surface area contributed by atoms with Crippen molar-refractivity contribution in [1.29, 1.82) is 0 Å². The Morgan fingerprint density at radius 3 is 2.71 bits per heavy atom. The van der Waals surface area contributed by atoms with Gasteiger partial charge in [0.2, 0.25) is 11.8 Å². The van der Waals surface area contributed by atoms with Gasteiger partial charge in [-0.2, -0.15) is 4.98 Å². The highest BCUT2D eigenvalue weighted by Gasteiger charge is 2.33. The largest absolute Gasteiger partial charge is 0.439 e. The van der Waals surface area contributed by atoms with E-state index < -0.39 is 0 Å². The zero-order chi connectivity index (χ0) is 15.0. The Labute approximate surface area is 126 Å². The number of rotatable bonds is 2. The Morgan fingerprint density at radius 1 is 1.19 bits per heavy atom. The molecule has 4 nitrogen and oxygen atoms in total. The third-order valence-corrected chi connectivity index (χ3v) is 4.40. The van der Waals surface area contributed by atoms with E-state index in [1.165, 1.54) is 5.57 Å². The van der Waals surface area contributed by atoms with Crippen LogP contribution in [0, 0.1) is 0 Å². The first-order chi connectivity index (χ1) is 9.97. The van der Waals surface area contributed by atoms with Crippen molar-refractivity contribution >= 4 is 5.95 Å². The molecule has 0 fully saturated rings. The van der Waals surface area contributed by atoms with E-state index in [-0.39, 0.29) is 5.41 Å². The predicted molar refractivity (Wildman–Crippen MR) is 84.1 cm³/mol. The lowest BCUT2D eigenvalue weighted by molar-refractivity contribution is 0.362. The summed E-state index contributed by atoms with van der Waals surface area (Å²) in [6, 6.07) is 0. The first-order valence-corrected chi connectivity index (χ1v) is 7.69. The Hall–Kier alpha value is -1.84. The number of allylic oxidation sites excluding steroid dienone is 3. The summed E-state index contributed by atoms with van der Waals surface area (Å²) in [6.45, 7) is 6.54. The molecule has 0 radical (unpaired) electrons. The number of ether oxygens (including phenoxy) is 1.